The molecule has 0 aromatic carbocycles. The van der Waals surface area contributed by atoms with Gasteiger partial charge in [-0.15, -0.1) is 11.3 Å². The predicted octanol–water partition coefficient (Wildman–Crippen LogP) is 2.29. The Morgan fingerprint density at radius 2 is 2.33 bits per heavy atom. The molecule has 0 aliphatic heterocycles. The number of ether oxygens (including phenoxy) is 1. The third-order valence-corrected chi connectivity index (χ3v) is 2.19. The number of thiazole rings is 1. The molecule has 1 heterocycles. The van der Waals surface area contributed by atoms with E-state index < -0.39 is 5.60 Å². The van der Waals surface area contributed by atoms with Crippen molar-refractivity contribution in [2.75, 3.05) is 11.9 Å². The number of rotatable bonds is 4. The van der Waals surface area contributed by atoms with Gasteiger partial charge in [-0.2, -0.15) is 0 Å². The third-order valence-electron chi connectivity index (χ3n) is 1.46. The molecular weight excluding hydrogens is 212 g/mol. The fourth-order valence-electron chi connectivity index (χ4n) is 0.975. The second-order valence-corrected chi connectivity index (χ2v) is 5.00. The van der Waals surface area contributed by atoms with Crippen molar-refractivity contribution in [3.63, 3.8) is 0 Å². The van der Waals surface area contributed by atoms with E-state index in [4.69, 9.17) is 4.74 Å². The highest BCUT2D eigenvalue weighted by molar-refractivity contribution is 7.13. The van der Waals surface area contributed by atoms with Crippen molar-refractivity contribution in [2.24, 2.45) is 0 Å². The Morgan fingerprint density at radius 1 is 1.60 bits per heavy atom. The summed E-state index contributed by atoms with van der Waals surface area (Å²) in [5.74, 6) is -0.188. The molecule has 1 aromatic rings. The minimum absolute atomic E-state index is 0.188. The van der Waals surface area contributed by atoms with Gasteiger partial charge in [0.05, 0.1) is 6.42 Å². The highest BCUT2D eigenvalue weighted by Gasteiger charge is 2.15. The topological polar surface area (TPSA) is 51.2 Å². The molecule has 1 rings (SSSR count). The lowest BCUT2D eigenvalue weighted by atomic mass is 10.2. The zero-order chi connectivity index (χ0) is 11.3. The second kappa shape index (κ2) is 5.11. The Hall–Kier alpha value is -1.10. The van der Waals surface area contributed by atoms with Crippen molar-refractivity contribution in [3.05, 3.63) is 11.6 Å². The molecule has 0 unspecified atom stereocenters. The number of hydrogen-bond donors (Lipinski definition) is 1. The van der Waals surface area contributed by atoms with Gasteiger partial charge < -0.3 is 10.1 Å². The molecule has 84 valence electrons. The molecule has 0 bridgehead atoms. The lowest BCUT2D eigenvalue weighted by Gasteiger charge is -2.19. The third kappa shape index (κ3) is 5.37. The fourth-order valence-corrected chi connectivity index (χ4v) is 1.53. The normalized spacial score (nSPS) is 11.1. The summed E-state index contributed by atoms with van der Waals surface area (Å²) in [6.07, 6.45) is 2.08. The summed E-state index contributed by atoms with van der Waals surface area (Å²) in [7, 11) is 0. The Kier molecular flexibility index (Phi) is 4.08. The predicted molar refractivity (Wildman–Crippen MR) is 61.1 cm³/mol. The number of nitrogens with zero attached hydrogens (tertiary/aromatic N) is 1. The summed E-state index contributed by atoms with van der Waals surface area (Å²) in [4.78, 5) is 15.4. The minimum atomic E-state index is -0.404. The first-order valence-electron chi connectivity index (χ1n) is 4.82. The fraction of sp³-hybridized carbons (Fsp3) is 0.600. The largest absolute Gasteiger partial charge is 0.460 e. The summed E-state index contributed by atoms with van der Waals surface area (Å²) in [5.41, 5.74) is -0.404. The summed E-state index contributed by atoms with van der Waals surface area (Å²) in [5, 5.41) is 5.76. The molecule has 5 heteroatoms. The molecule has 0 saturated carbocycles. The van der Waals surface area contributed by atoms with Crippen LogP contribution in [-0.2, 0) is 9.53 Å². The average Bonchev–Trinajstić information content (AvgIpc) is 2.53. The molecule has 0 amide bonds. The first-order valence-corrected chi connectivity index (χ1v) is 5.70. The van der Waals surface area contributed by atoms with Gasteiger partial charge in [0, 0.05) is 18.1 Å². The minimum Gasteiger partial charge on any atom is -0.460 e. The molecule has 0 aliphatic carbocycles. The van der Waals surface area contributed by atoms with Crippen LogP contribution in [0.25, 0.3) is 0 Å². The molecule has 0 fully saturated rings. The summed E-state index contributed by atoms with van der Waals surface area (Å²) >= 11 is 1.51. The number of carbonyl (C=O) groups excluding carboxylic acids is 1. The van der Waals surface area contributed by atoms with Crippen molar-refractivity contribution in [2.45, 2.75) is 32.8 Å². The van der Waals surface area contributed by atoms with Gasteiger partial charge >= 0.3 is 5.97 Å². The van der Waals surface area contributed by atoms with E-state index in [9.17, 15) is 4.79 Å². The molecule has 0 spiro atoms. The van der Waals surface area contributed by atoms with Crippen LogP contribution in [0.3, 0.4) is 0 Å². The number of anilines is 1. The van der Waals surface area contributed by atoms with Gasteiger partial charge in [0.15, 0.2) is 5.13 Å². The van der Waals surface area contributed by atoms with Crippen molar-refractivity contribution in [1.29, 1.82) is 0 Å². The smallest absolute Gasteiger partial charge is 0.308 e. The zero-order valence-electron chi connectivity index (χ0n) is 9.24. The zero-order valence-corrected chi connectivity index (χ0v) is 10.1. The monoisotopic (exact) mass is 228 g/mol. The summed E-state index contributed by atoms with van der Waals surface area (Å²) < 4.78 is 5.16. The van der Waals surface area contributed by atoms with Gasteiger partial charge in [-0.1, -0.05) is 0 Å². The average molecular weight is 228 g/mol. The Labute approximate surface area is 93.7 Å². The van der Waals surface area contributed by atoms with Crippen LogP contribution >= 0.6 is 11.3 Å². The van der Waals surface area contributed by atoms with Crippen LogP contribution in [0.15, 0.2) is 11.6 Å². The quantitative estimate of drug-likeness (QED) is 0.803. The van der Waals surface area contributed by atoms with E-state index in [2.05, 4.69) is 10.3 Å². The summed E-state index contributed by atoms with van der Waals surface area (Å²) in [6, 6.07) is 0. The number of aromatic nitrogens is 1. The van der Waals surface area contributed by atoms with Crippen LogP contribution in [0, 0.1) is 0 Å². The van der Waals surface area contributed by atoms with Crippen LogP contribution < -0.4 is 5.32 Å². The van der Waals surface area contributed by atoms with Crippen molar-refractivity contribution in [1.82, 2.24) is 4.98 Å². The molecule has 0 atom stereocenters. The van der Waals surface area contributed by atoms with Gasteiger partial charge in [0.1, 0.15) is 5.60 Å². The maximum Gasteiger partial charge on any atom is 0.308 e. The van der Waals surface area contributed by atoms with Gasteiger partial charge in [0.25, 0.3) is 0 Å². The maximum absolute atomic E-state index is 11.3. The Balaban J connectivity index is 2.18. The van der Waals surface area contributed by atoms with Gasteiger partial charge in [-0.05, 0) is 20.8 Å². The second-order valence-electron chi connectivity index (χ2n) is 4.10. The molecule has 0 saturated heterocycles. The van der Waals surface area contributed by atoms with E-state index in [1.807, 2.05) is 26.2 Å². The van der Waals surface area contributed by atoms with Crippen molar-refractivity contribution >= 4 is 22.4 Å². The molecular formula is C10H16N2O2S. The number of esters is 1. The Morgan fingerprint density at radius 3 is 2.87 bits per heavy atom. The number of carbonyl (C=O) groups is 1. The highest BCUT2D eigenvalue weighted by atomic mass is 32.1. The van der Waals surface area contributed by atoms with Crippen LogP contribution in [0.2, 0.25) is 0 Å². The Bertz CT molecular complexity index is 304. The van der Waals surface area contributed by atoms with Crippen molar-refractivity contribution < 1.29 is 9.53 Å². The van der Waals surface area contributed by atoms with Crippen LogP contribution in [0.4, 0.5) is 5.13 Å². The molecule has 1 N–H and O–H groups in total. The van der Waals surface area contributed by atoms with E-state index in [-0.39, 0.29) is 5.97 Å². The number of nitrogens with one attached hydrogen (secondary N) is 1. The first kappa shape index (κ1) is 12.0. The van der Waals surface area contributed by atoms with E-state index in [0.717, 1.165) is 5.13 Å². The van der Waals surface area contributed by atoms with Crippen LogP contribution in [-0.4, -0.2) is 23.1 Å². The molecule has 0 aliphatic rings. The van der Waals surface area contributed by atoms with E-state index in [1.54, 1.807) is 6.20 Å². The highest BCUT2D eigenvalue weighted by Crippen LogP contribution is 2.11. The van der Waals surface area contributed by atoms with E-state index >= 15 is 0 Å². The lowest BCUT2D eigenvalue weighted by Crippen LogP contribution is -2.25. The van der Waals surface area contributed by atoms with Gasteiger partial charge in [-0.3, -0.25) is 4.79 Å². The number of hydrogen-bond acceptors (Lipinski definition) is 5. The lowest BCUT2D eigenvalue weighted by molar-refractivity contribution is -0.154. The summed E-state index contributed by atoms with van der Waals surface area (Å²) in [6.45, 7) is 6.14. The van der Waals surface area contributed by atoms with Crippen LogP contribution in [0.1, 0.15) is 27.2 Å². The van der Waals surface area contributed by atoms with E-state index in [0.29, 0.717) is 13.0 Å². The first-order chi connectivity index (χ1) is 6.97. The van der Waals surface area contributed by atoms with Crippen molar-refractivity contribution in [3.8, 4) is 0 Å². The molecule has 4 nitrogen and oxygen atoms in total. The maximum atomic E-state index is 11.3. The van der Waals surface area contributed by atoms with Crippen LogP contribution in [0.5, 0.6) is 0 Å². The van der Waals surface area contributed by atoms with E-state index in [1.165, 1.54) is 11.3 Å². The molecule has 15 heavy (non-hydrogen) atoms. The molecule has 1 aromatic heterocycles. The van der Waals surface area contributed by atoms with Gasteiger partial charge in [-0.25, -0.2) is 4.98 Å². The molecule has 0 radical (unpaired) electrons. The SMILES string of the molecule is CC(C)(C)OC(=O)CCNc1nccs1. The van der Waals surface area contributed by atoms with Gasteiger partial charge in [0.2, 0.25) is 0 Å². The standard InChI is InChI=1S/C10H16N2O2S/c1-10(2,3)14-8(13)4-5-11-9-12-6-7-15-9/h6-7H,4-5H2,1-3H3,(H,11,12).